The Kier molecular flexibility index (Phi) is 2.34. The minimum atomic E-state index is 0.749. The van der Waals surface area contributed by atoms with Gasteiger partial charge in [0, 0.05) is 42.2 Å². The molecule has 0 aliphatic carbocycles. The van der Waals surface area contributed by atoms with Crippen LogP contribution in [0.3, 0.4) is 0 Å². The Bertz CT molecular complexity index is 607. The van der Waals surface area contributed by atoms with Crippen molar-refractivity contribution in [1.29, 1.82) is 0 Å². The molecule has 0 amide bonds. The molecule has 2 bridgehead atoms. The molecule has 0 aromatic carbocycles. The van der Waals surface area contributed by atoms with Crippen LogP contribution in [0.1, 0.15) is 17.7 Å². The van der Waals surface area contributed by atoms with Crippen LogP contribution in [-0.4, -0.2) is 35.2 Å². The van der Waals surface area contributed by atoms with Crippen LogP contribution in [-0.2, 0) is 0 Å². The highest BCUT2D eigenvalue weighted by atomic mass is 15.2. The summed E-state index contributed by atoms with van der Waals surface area (Å²) in [5.74, 6) is 0.749. The Morgan fingerprint density at radius 1 is 1.26 bits per heavy atom. The molecule has 3 aliphatic rings. The van der Waals surface area contributed by atoms with Gasteiger partial charge in [-0.15, -0.1) is 0 Å². The van der Waals surface area contributed by atoms with Gasteiger partial charge in [0.1, 0.15) is 0 Å². The van der Waals surface area contributed by atoms with E-state index in [4.69, 9.17) is 4.99 Å². The second-order valence-electron chi connectivity index (χ2n) is 5.57. The molecule has 96 valence electrons. The molecule has 4 rings (SSSR count). The van der Waals surface area contributed by atoms with E-state index in [0.29, 0.717) is 0 Å². The molecule has 0 saturated carbocycles. The molecule has 0 spiro atoms. The van der Waals surface area contributed by atoms with Gasteiger partial charge in [-0.3, -0.25) is 9.98 Å². The van der Waals surface area contributed by atoms with Crippen LogP contribution in [0.2, 0.25) is 0 Å². The largest absolute Gasteiger partial charge is 0.371 e. The first-order valence-electron chi connectivity index (χ1n) is 6.95. The van der Waals surface area contributed by atoms with Gasteiger partial charge in [-0.25, -0.2) is 0 Å². The van der Waals surface area contributed by atoms with E-state index in [9.17, 15) is 0 Å². The fraction of sp³-hybridized carbons (Fsp3) is 0.375. The Hall–Kier alpha value is -1.90. The lowest BCUT2D eigenvalue weighted by Crippen LogP contribution is -2.15. The van der Waals surface area contributed by atoms with Gasteiger partial charge in [-0.2, -0.15) is 0 Å². The topological polar surface area (TPSA) is 28.5 Å². The SMILES string of the molecule is Cc1ccc(C2=NCC3=C(C=C2)N2CC[C@@H]3C2)cn1. The number of hydrogen-bond acceptors (Lipinski definition) is 3. The quantitative estimate of drug-likeness (QED) is 0.766. The number of fused-ring (bicyclic) bond motifs is 4. The van der Waals surface area contributed by atoms with Crippen molar-refractivity contribution in [2.45, 2.75) is 13.3 Å². The minimum Gasteiger partial charge on any atom is -0.371 e. The van der Waals surface area contributed by atoms with Crippen LogP contribution < -0.4 is 0 Å². The molecule has 0 radical (unpaired) electrons. The fourth-order valence-electron chi connectivity index (χ4n) is 3.29. The maximum absolute atomic E-state index is 4.79. The zero-order chi connectivity index (χ0) is 12.8. The third-order valence-electron chi connectivity index (χ3n) is 4.38. The first-order chi connectivity index (χ1) is 9.31. The normalized spacial score (nSPS) is 24.6. The molecule has 0 N–H and O–H groups in total. The molecule has 3 nitrogen and oxygen atoms in total. The molecular formula is C16H17N3. The van der Waals surface area contributed by atoms with E-state index in [0.717, 1.165) is 29.4 Å². The van der Waals surface area contributed by atoms with E-state index in [-0.39, 0.29) is 0 Å². The first kappa shape index (κ1) is 11.0. The zero-order valence-electron chi connectivity index (χ0n) is 11.1. The smallest absolute Gasteiger partial charge is 0.0666 e. The summed E-state index contributed by atoms with van der Waals surface area (Å²) in [5, 5.41) is 0. The Morgan fingerprint density at radius 3 is 3.05 bits per heavy atom. The van der Waals surface area contributed by atoms with Crippen molar-refractivity contribution in [2.24, 2.45) is 10.9 Å². The molecule has 0 unspecified atom stereocenters. The first-order valence-corrected chi connectivity index (χ1v) is 6.95. The number of pyridine rings is 1. The van der Waals surface area contributed by atoms with E-state index in [1.807, 2.05) is 19.2 Å². The van der Waals surface area contributed by atoms with Crippen molar-refractivity contribution >= 4 is 5.71 Å². The Labute approximate surface area is 113 Å². The van der Waals surface area contributed by atoms with Gasteiger partial charge in [0.25, 0.3) is 0 Å². The van der Waals surface area contributed by atoms with Gasteiger partial charge in [0.05, 0.1) is 12.3 Å². The predicted molar refractivity (Wildman–Crippen MR) is 76.2 cm³/mol. The highest BCUT2D eigenvalue weighted by Crippen LogP contribution is 2.38. The van der Waals surface area contributed by atoms with E-state index >= 15 is 0 Å². The maximum Gasteiger partial charge on any atom is 0.0666 e. The van der Waals surface area contributed by atoms with Crippen LogP contribution in [0.15, 0.2) is 46.7 Å². The van der Waals surface area contributed by atoms with Gasteiger partial charge >= 0.3 is 0 Å². The number of hydrogen-bond donors (Lipinski definition) is 0. The van der Waals surface area contributed by atoms with Crippen molar-refractivity contribution in [2.75, 3.05) is 19.6 Å². The van der Waals surface area contributed by atoms with Gasteiger partial charge in [0.15, 0.2) is 0 Å². The molecule has 19 heavy (non-hydrogen) atoms. The van der Waals surface area contributed by atoms with Crippen LogP contribution in [0.5, 0.6) is 0 Å². The molecule has 1 aromatic heterocycles. The number of rotatable bonds is 1. The van der Waals surface area contributed by atoms with Crippen molar-refractivity contribution in [1.82, 2.24) is 9.88 Å². The highest BCUT2D eigenvalue weighted by Gasteiger charge is 2.35. The van der Waals surface area contributed by atoms with E-state index < -0.39 is 0 Å². The number of aromatic nitrogens is 1. The second kappa shape index (κ2) is 4.05. The third-order valence-corrected chi connectivity index (χ3v) is 4.38. The standard InChI is InChI=1S/C16H17N3/c1-11-2-3-12(8-17-11)15-4-5-16-14(9-18-15)13-6-7-19(16)10-13/h2-5,8,13H,6-7,9-10H2,1H3/t13-/m1/s1. The minimum absolute atomic E-state index is 0.749. The summed E-state index contributed by atoms with van der Waals surface area (Å²) in [6, 6.07) is 4.15. The summed E-state index contributed by atoms with van der Waals surface area (Å²) in [6.07, 6.45) is 7.63. The lowest BCUT2D eigenvalue weighted by molar-refractivity contribution is 0.452. The number of nitrogens with zero attached hydrogens (tertiary/aromatic N) is 3. The molecular weight excluding hydrogens is 234 g/mol. The van der Waals surface area contributed by atoms with Gasteiger partial charge < -0.3 is 4.90 Å². The lowest BCUT2D eigenvalue weighted by Gasteiger charge is -2.18. The highest BCUT2D eigenvalue weighted by molar-refractivity contribution is 6.09. The molecule has 1 fully saturated rings. The number of allylic oxidation sites excluding steroid dienone is 2. The summed E-state index contributed by atoms with van der Waals surface area (Å²) in [4.78, 5) is 11.7. The zero-order valence-corrected chi connectivity index (χ0v) is 11.1. The predicted octanol–water partition coefficient (Wildman–Crippen LogP) is 2.34. The summed E-state index contributed by atoms with van der Waals surface area (Å²) >= 11 is 0. The maximum atomic E-state index is 4.79. The van der Waals surface area contributed by atoms with Crippen LogP contribution in [0.4, 0.5) is 0 Å². The van der Waals surface area contributed by atoms with Crippen molar-refractivity contribution < 1.29 is 0 Å². The monoisotopic (exact) mass is 251 g/mol. The van der Waals surface area contributed by atoms with Crippen molar-refractivity contribution in [3.05, 3.63) is 53.0 Å². The average molecular weight is 251 g/mol. The van der Waals surface area contributed by atoms with Crippen molar-refractivity contribution in [3.8, 4) is 0 Å². The fourth-order valence-corrected chi connectivity index (χ4v) is 3.29. The third kappa shape index (κ3) is 1.72. The van der Waals surface area contributed by atoms with E-state index in [1.54, 1.807) is 0 Å². The number of aryl methyl sites for hydroxylation is 1. The van der Waals surface area contributed by atoms with Gasteiger partial charge in [-0.05, 0) is 43.2 Å². The number of aliphatic imine (C=N–C) groups is 1. The van der Waals surface area contributed by atoms with Crippen molar-refractivity contribution in [3.63, 3.8) is 0 Å². The molecule has 1 aromatic rings. The Balaban J connectivity index is 1.66. The molecule has 3 aliphatic heterocycles. The van der Waals surface area contributed by atoms with Gasteiger partial charge in [-0.1, -0.05) is 0 Å². The Morgan fingerprint density at radius 2 is 2.21 bits per heavy atom. The second-order valence-corrected chi connectivity index (χ2v) is 5.57. The molecule has 3 heteroatoms. The van der Waals surface area contributed by atoms with Crippen LogP contribution in [0, 0.1) is 12.8 Å². The summed E-state index contributed by atoms with van der Waals surface area (Å²) in [6.45, 7) is 5.30. The lowest BCUT2D eigenvalue weighted by atomic mass is 9.97. The van der Waals surface area contributed by atoms with E-state index in [2.05, 4.69) is 28.1 Å². The van der Waals surface area contributed by atoms with Gasteiger partial charge in [0.2, 0.25) is 0 Å². The molecule has 1 saturated heterocycles. The van der Waals surface area contributed by atoms with E-state index in [1.165, 1.54) is 30.8 Å². The molecule has 1 atom stereocenters. The summed E-state index contributed by atoms with van der Waals surface area (Å²) < 4.78 is 0. The summed E-state index contributed by atoms with van der Waals surface area (Å²) in [5.41, 5.74) is 6.19. The van der Waals surface area contributed by atoms with Crippen LogP contribution >= 0.6 is 0 Å². The average Bonchev–Trinajstić information content (AvgIpc) is 2.95. The summed E-state index contributed by atoms with van der Waals surface area (Å²) in [7, 11) is 0. The van der Waals surface area contributed by atoms with Crippen LogP contribution in [0.25, 0.3) is 0 Å². The molecule has 4 heterocycles.